The molecule has 0 radical (unpaired) electrons. The molecule has 0 aliphatic carbocycles. The molecule has 72 valence electrons. The molecule has 0 bridgehead atoms. The van der Waals surface area contributed by atoms with Gasteiger partial charge in [-0.2, -0.15) is 0 Å². The van der Waals surface area contributed by atoms with Gasteiger partial charge in [0.15, 0.2) is 0 Å². The Balaban J connectivity index is 2.11. The highest BCUT2D eigenvalue weighted by molar-refractivity contribution is 7.15. The van der Waals surface area contributed by atoms with Crippen LogP contribution in [0.1, 0.15) is 11.9 Å². The summed E-state index contributed by atoms with van der Waals surface area (Å²) in [4.78, 5) is 8.30. The van der Waals surface area contributed by atoms with Crippen molar-refractivity contribution < 1.29 is 0 Å². The fourth-order valence-electron chi connectivity index (χ4n) is 1.11. The van der Waals surface area contributed by atoms with E-state index in [2.05, 4.69) is 22.2 Å². The highest BCUT2D eigenvalue weighted by atomic mass is 32.1. The molecule has 4 heteroatoms. The number of thiazole rings is 1. The van der Waals surface area contributed by atoms with Crippen molar-refractivity contribution in [2.45, 2.75) is 13.3 Å². The topological polar surface area (TPSA) is 37.8 Å². The Morgan fingerprint density at radius 2 is 2.36 bits per heavy atom. The standard InChI is InChI=1S/C10H11N3S/c1-2-9-12-7-10(14-9)13-8-4-3-5-11-6-8/h3-7,13H,2H2,1H3. The van der Waals surface area contributed by atoms with Gasteiger partial charge in [-0.25, -0.2) is 4.98 Å². The average molecular weight is 205 g/mol. The minimum Gasteiger partial charge on any atom is -0.345 e. The normalized spacial score (nSPS) is 10.1. The van der Waals surface area contributed by atoms with Crippen LogP contribution in [0.3, 0.4) is 0 Å². The third-order valence-corrected chi connectivity index (χ3v) is 2.84. The van der Waals surface area contributed by atoms with Crippen molar-refractivity contribution >= 4 is 22.0 Å². The summed E-state index contributed by atoms with van der Waals surface area (Å²) in [7, 11) is 0. The molecule has 0 amide bonds. The van der Waals surface area contributed by atoms with E-state index >= 15 is 0 Å². The van der Waals surface area contributed by atoms with Gasteiger partial charge in [-0.1, -0.05) is 6.92 Å². The summed E-state index contributed by atoms with van der Waals surface area (Å²) >= 11 is 1.68. The van der Waals surface area contributed by atoms with E-state index < -0.39 is 0 Å². The molecular weight excluding hydrogens is 194 g/mol. The molecule has 14 heavy (non-hydrogen) atoms. The number of nitrogens with one attached hydrogen (secondary N) is 1. The summed E-state index contributed by atoms with van der Waals surface area (Å²) in [5.74, 6) is 0. The molecule has 1 N–H and O–H groups in total. The molecule has 3 nitrogen and oxygen atoms in total. The number of anilines is 2. The number of aromatic nitrogens is 2. The Bertz CT molecular complexity index is 397. The van der Waals surface area contributed by atoms with Crippen LogP contribution >= 0.6 is 11.3 Å². The lowest BCUT2D eigenvalue weighted by Gasteiger charge is -1.99. The van der Waals surface area contributed by atoms with Crippen LogP contribution in [0.25, 0.3) is 0 Å². The van der Waals surface area contributed by atoms with Crippen LogP contribution in [0.15, 0.2) is 30.7 Å². The Kier molecular flexibility index (Phi) is 2.74. The second-order valence-electron chi connectivity index (χ2n) is 2.84. The molecule has 2 aromatic rings. The number of nitrogens with zero attached hydrogens (tertiary/aromatic N) is 2. The van der Waals surface area contributed by atoms with Crippen LogP contribution in [0, 0.1) is 0 Å². The Morgan fingerprint density at radius 3 is 3.00 bits per heavy atom. The van der Waals surface area contributed by atoms with E-state index in [0.717, 1.165) is 22.1 Å². The molecular formula is C10H11N3S. The second kappa shape index (κ2) is 4.19. The van der Waals surface area contributed by atoms with Crippen molar-refractivity contribution in [2.24, 2.45) is 0 Å². The summed E-state index contributed by atoms with van der Waals surface area (Å²) in [6, 6.07) is 3.89. The van der Waals surface area contributed by atoms with Crippen LogP contribution < -0.4 is 5.32 Å². The van der Waals surface area contributed by atoms with Gasteiger partial charge in [0.2, 0.25) is 0 Å². The highest BCUT2D eigenvalue weighted by Gasteiger charge is 1.99. The number of rotatable bonds is 3. The first-order valence-electron chi connectivity index (χ1n) is 4.50. The van der Waals surface area contributed by atoms with Crippen molar-refractivity contribution in [3.8, 4) is 0 Å². The van der Waals surface area contributed by atoms with Gasteiger partial charge in [-0.15, -0.1) is 11.3 Å². The molecule has 0 aliphatic heterocycles. The first-order valence-corrected chi connectivity index (χ1v) is 5.32. The Morgan fingerprint density at radius 1 is 1.43 bits per heavy atom. The zero-order valence-corrected chi connectivity index (χ0v) is 8.71. The molecule has 2 aromatic heterocycles. The van der Waals surface area contributed by atoms with Crippen molar-refractivity contribution in [2.75, 3.05) is 5.32 Å². The third-order valence-electron chi connectivity index (χ3n) is 1.79. The molecule has 0 saturated carbocycles. The predicted octanol–water partition coefficient (Wildman–Crippen LogP) is 2.84. The lowest BCUT2D eigenvalue weighted by molar-refractivity contribution is 1.09. The first-order chi connectivity index (χ1) is 6.88. The summed E-state index contributed by atoms with van der Waals surface area (Å²) < 4.78 is 0. The van der Waals surface area contributed by atoms with E-state index in [0.29, 0.717) is 0 Å². The van der Waals surface area contributed by atoms with Crippen molar-refractivity contribution in [3.63, 3.8) is 0 Å². The van der Waals surface area contributed by atoms with E-state index in [1.54, 1.807) is 23.7 Å². The first kappa shape index (κ1) is 9.15. The fourth-order valence-corrected chi connectivity index (χ4v) is 1.89. The summed E-state index contributed by atoms with van der Waals surface area (Å²) in [5, 5.41) is 5.47. The maximum Gasteiger partial charge on any atom is 0.113 e. The quantitative estimate of drug-likeness (QED) is 0.837. The Hall–Kier alpha value is -1.42. The summed E-state index contributed by atoms with van der Waals surface area (Å²) in [5.41, 5.74) is 0.999. The Labute approximate surface area is 86.8 Å². The SMILES string of the molecule is CCc1ncc(Nc2cccnc2)s1. The average Bonchev–Trinajstić information content (AvgIpc) is 2.67. The fraction of sp³-hybridized carbons (Fsp3) is 0.200. The molecule has 0 saturated heterocycles. The number of pyridine rings is 1. The van der Waals surface area contributed by atoms with Crippen molar-refractivity contribution in [3.05, 3.63) is 35.7 Å². The third kappa shape index (κ3) is 2.09. The van der Waals surface area contributed by atoms with Gasteiger partial charge in [0.05, 0.1) is 23.1 Å². The summed E-state index contributed by atoms with van der Waals surface area (Å²) in [6.45, 7) is 2.10. The molecule has 0 unspecified atom stereocenters. The van der Waals surface area contributed by atoms with Gasteiger partial charge in [0.25, 0.3) is 0 Å². The van der Waals surface area contributed by atoms with E-state index in [1.165, 1.54) is 0 Å². The zero-order valence-electron chi connectivity index (χ0n) is 7.90. The van der Waals surface area contributed by atoms with E-state index in [-0.39, 0.29) is 0 Å². The van der Waals surface area contributed by atoms with Gasteiger partial charge in [0, 0.05) is 6.20 Å². The monoisotopic (exact) mass is 205 g/mol. The van der Waals surface area contributed by atoms with Crippen molar-refractivity contribution in [1.29, 1.82) is 0 Å². The highest BCUT2D eigenvalue weighted by Crippen LogP contribution is 2.22. The van der Waals surface area contributed by atoms with Crippen molar-refractivity contribution in [1.82, 2.24) is 9.97 Å². The molecule has 0 aliphatic rings. The van der Waals surface area contributed by atoms with Gasteiger partial charge in [-0.05, 0) is 18.6 Å². The molecule has 0 atom stereocenters. The van der Waals surface area contributed by atoms with Gasteiger partial charge < -0.3 is 5.32 Å². The predicted molar refractivity (Wildman–Crippen MR) is 59.0 cm³/mol. The maximum absolute atomic E-state index is 4.27. The molecule has 2 rings (SSSR count). The minimum absolute atomic E-state index is 0.986. The zero-order chi connectivity index (χ0) is 9.80. The largest absolute Gasteiger partial charge is 0.345 e. The summed E-state index contributed by atoms with van der Waals surface area (Å²) in [6.07, 6.45) is 6.40. The lowest BCUT2D eigenvalue weighted by Crippen LogP contribution is -1.86. The van der Waals surface area contributed by atoms with Gasteiger partial charge >= 0.3 is 0 Å². The smallest absolute Gasteiger partial charge is 0.113 e. The molecule has 0 aromatic carbocycles. The van der Waals surface area contributed by atoms with Crippen LogP contribution in [-0.4, -0.2) is 9.97 Å². The number of aryl methyl sites for hydroxylation is 1. The number of hydrogen-bond donors (Lipinski definition) is 1. The molecule has 0 spiro atoms. The minimum atomic E-state index is 0.986. The molecule has 2 heterocycles. The molecule has 0 fully saturated rings. The van der Waals surface area contributed by atoms with Crippen LogP contribution in [-0.2, 0) is 6.42 Å². The van der Waals surface area contributed by atoms with Crippen LogP contribution in [0.5, 0.6) is 0 Å². The number of hydrogen-bond acceptors (Lipinski definition) is 4. The maximum atomic E-state index is 4.27. The van der Waals surface area contributed by atoms with Crippen LogP contribution in [0.4, 0.5) is 10.7 Å². The lowest BCUT2D eigenvalue weighted by atomic mass is 10.4. The van der Waals surface area contributed by atoms with Crippen LogP contribution in [0.2, 0.25) is 0 Å². The van der Waals surface area contributed by atoms with E-state index in [9.17, 15) is 0 Å². The van der Waals surface area contributed by atoms with E-state index in [4.69, 9.17) is 0 Å². The second-order valence-corrected chi connectivity index (χ2v) is 3.95. The van der Waals surface area contributed by atoms with Gasteiger partial charge in [-0.3, -0.25) is 4.98 Å². The van der Waals surface area contributed by atoms with E-state index in [1.807, 2.05) is 18.3 Å². The van der Waals surface area contributed by atoms with Gasteiger partial charge in [0.1, 0.15) is 5.00 Å².